The Bertz CT molecular complexity index is 1350. The van der Waals surface area contributed by atoms with Crippen LogP contribution in [0.2, 0.25) is 5.02 Å². The molecule has 2 amide bonds. The highest BCUT2D eigenvalue weighted by Gasteiger charge is 2.30. The van der Waals surface area contributed by atoms with E-state index in [9.17, 15) is 26.4 Å². The number of sulfonamides is 1. The summed E-state index contributed by atoms with van der Waals surface area (Å²) in [6, 6.07) is 12.9. The van der Waals surface area contributed by atoms with Crippen LogP contribution in [0.4, 0.5) is 35.2 Å². The van der Waals surface area contributed by atoms with Crippen molar-refractivity contribution < 1.29 is 26.4 Å². The number of urea groups is 1. The van der Waals surface area contributed by atoms with Crippen LogP contribution in [0.25, 0.3) is 0 Å². The molecule has 0 saturated carbocycles. The van der Waals surface area contributed by atoms with Gasteiger partial charge in [0.15, 0.2) is 0 Å². The second-order valence-corrected chi connectivity index (χ2v) is 10.6. The number of nitrogens with one attached hydrogen (secondary N) is 2. The van der Waals surface area contributed by atoms with Crippen molar-refractivity contribution in [3.8, 4) is 0 Å². The molecule has 2 heterocycles. The summed E-state index contributed by atoms with van der Waals surface area (Å²) in [4.78, 5) is 18.7. The Hall–Kier alpha value is -3.35. The smallest absolute Gasteiger partial charge is 0.355 e. The van der Waals surface area contributed by atoms with Crippen molar-refractivity contribution in [2.75, 3.05) is 41.7 Å². The molecule has 4 rings (SSSR count). The molecular formula is C24H23ClF3N5O3S. The molecule has 0 bridgehead atoms. The van der Waals surface area contributed by atoms with Crippen molar-refractivity contribution in [3.63, 3.8) is 0 Å². The molecule has 2 N–H and O–H groups in total. The van der Waals surface area contributed by atoms with Crippen molar-refractivity contribution in [1.82, 2.24) is 9.29 Å². The van der Waals surface area contributed by atoms with E-state index in [0.29, 0.717) is 42.6 Å². The van der Waals surface area contributed by atoms with Gasteiger partial charge in [-0.05, 0) is 61.0 Å². The van der Waals surface area contributed by atoms with Crippen LogP contribution in [-0.2, 0) is 16.2 Å². The fourth-order valence-electron chi connectivity index (χ4n) is 3.83. The quantitative estimate of drug-likeness (QED) is 0.447. The number of rotatable bonds is 5. The Morgan fingerprint density at radius 3 is 2.32 bits per heavy atom. The monoisotopic (exact) mass is 553 g/mol. The predicted molar refractivity (Wildman–Crippen MR) is 135 cm³/mol. The van der Waals surface area contributed by atoms with Crippen molar-refractivity contribution in [1.29, 1.82) is 0 Å². The molecule has 1 aromatic heterocycles. The number of nitrogens with zero attached hydrogens (tertiary/aromatic N) is 3. The summed E-state index contributed by atoms with van der Waals surface area (Å²) in [5.74, 6) is 0.606. The van der Waals surface area contributed by atoms with E-state index in [0.717, 1.165) is 12.1 Å². The number of benzene rings is 2. The van der Waals surface area contributed by atoms with Gasteiger partial charge in [-0.2, -0.15) is 17.5 Å². The molecule has 1 aliphatic rings. The average molecular weight is 554 g/mol. The number of halogens is 4. The van der Waals surface area contributed by atoms with E-state index in [1.54, 1.807) is 12.1 Å². The molecule has 1 saturated heterocycles. The Labute approximate surface area is 217 Å². The molecule has 1 aliphatic heterocycles. The second kappa shape index (κ2) is 11.0. The third kappa shape index (κ3) is 6.70. The number of pyridine rings is 1. The van der Waals surface area contributed by atoms with Gasteiger partial charge in [0, 0.05) is 36.9 Å². The average Bonchev–Trinajstić information content (AvgIpc) is 3.11. The van der Waals surface area contributed by atoms with Gasteiger partial charge in [-0.3, -0.25) is 0 Å². The first-order valence-electron chi connectivity index (χ1n) is 11.2. The van der Waals surface area contributed by atoms with Crippen LogP contribution in [0.1, 0.15) is 12.0 Å². The van der Waals surface area contributed by atoms with Gasteiger partial charge in [-0.15, -0.1) is 0 Å². The highest BCUT2D eigenvalue weighted by molar-refractivity contribution is 7.89. The Balaban J connectivity index is 1.35. The lowest BCUT2D eigenvalue weighted by Gasteiger charge is -2.23. The Morgan fingerprint density at radius 2 is 1.65 bits per heavy atom. The molecule has 13 heteroatoms. The topological polar surface area (TPSA) is 94.6 Å². The molecule has 196 valence electrons. The lowest BCUT2D eigenvalue weighted by atomic mass is 10.2. The third-order valence-electron chi connectivity index (χ3n) is 5.68. The van der Waals surface area contributed by atoms with Crippen LogP contribution in [0.3, 0.4) is 0 Å². The number of amides is 2. The van der Waals surface area contributed by atoms with Gasteiger partial charge in [0.25, 0.3) is 0 Å². The van der Waals surface area contributed by atoms with Gasteiger partial charge in [0.2, 0.25) is 10.0 Å². The van der Waals surface area contributed by atoms with Gasteiger partial charge in [0.05, 0.1) is 22.3 Å². The molecule has 0 atom stereocenters. The molecule has 3 aromatic rings. The zero-order chi connectivity index (χ0) is 26.6. The fourth-order valence-corrected chi connectivity index (χ4v) is 5.43. The molecule has 2 aromatic carbocycles. The maximum atomic E-state index is 13.0. The molecule has 8 nitrogen and oxygen atoms in total. The van der Waals surface area contributed by atoms with Gasteiger partial charge < -0.3 is 15.5 Å². The molecule has 37 heavy (non-hydrogen) atoms. The number of hydrogen-bond donors (Lipinski definition) is 2. The summed E-state index contributed by atoms with van der Waals surface area (Å²) >= 11 is 5.87. The minimum absolute atomic E-state index is 0.000391. The highest BCUT2D eigenvalue weighted by Crippen LogP contribution is 2.30. The third-order valence-corrected chi connectivity index (χ3v) is 7.85. The largest absolute Gasteiger partial charge is 0.416 e. The van der Waals surface area contributed by atoms with Gasteiger partial charge in [-0.25, -0.2) is 18.2 Å². The molecular weight excluding hydrogens is 531 g/mol. The van der Waals surface area contributed by atoms with E-state index in [1.165, 1.54) is 46.9 Å². The summed E-state index contributed by atoms with van der Waals surface area (Å²) in [6.07, 6.45) is -2.50. The van der Waals surface area contributed by atoms with E-state index in [2.05, 4.69) is 15.6 Å². The summed E-state index contributed by atoms with van der Waals surface area (Å²) in [5.41, 5.74) is -0.525. The first kappa shape index (κ1) is 26.7. The van der Waals surface area contributed by atoms with Crippen LogP contribution in [0.5, 0.6) is 0 Å². The Kier molecular flexibility index (Phi) is 7.90. The first-order valence-corrected chi connectivity index (χ1v) is 13.1. The van der Waals surface area contributed by atoms with E-state index < -0.39 is 27.8 Å². The van der Waals surface area contributed by atoms with Gasteiger partial charge in [0.1, 0.15) is 5.82 Å². The van der Waals surface area contributed by atoms with E-state index in [-0.39, 0.29) is 17.1 Å². The summed E-state index contributed by atoms with van der Waals surface area (Å²) in [7, 11) is -3.65. The van der Waals surface area contributed by atoms with E-state index in [4.69, 9.17) is 11.6 Å². The number of carbonyl (C=O) groups excluding carboxylic acids is 1. The first-order chi connectivity index (χ1) is 17.5. The van der Waals surface area contributed by atoms with Gasteiger partial charge in [-0.1, -0.05) is 17.7 Å². The van der Waals surface area contributed by atoms with Crippen LogP contribution >= 0.6 is 11.6 Å². The molecule has 0 spiro atoms. The van der Waals surface area contributed by atoms with Crippen molar-refractivity contribution in [3.05, 3.63) is 77.4 Å². The lowest BCUT2D eigenvalue weighted by Crippen LogP contribution is -2.35. The molecule has 0 unspecified atom stereocenters. The maximum absolute atomic E-state index is 13.0. The predicted octanol–water partition coefficient (Wildman–Crippen LogP) is 5.30. The number of anilines is 3. The van der Waals surface area contributed by atoms with Crippen molar-refractivity contribution in [2.45, 2.75) is 17.5 Å². The standard InChI is InChI=1S/C24H23ClF3N5O3S/c25-18-5-8-21(9-6-18)37(35,36)33-12-2-11-32(13-14-33)22-10-7-20(16-29-22)31-23(34)30-19-4-1-3-17(15-19)24(26,27)28/h1,3-10,15-16H,2,11-14H2,(H2,30,31,34). The minimum Gasteiger partial charge on any atom is -0.355 e. The molecule has 0 radical (unpaired) electrons. The maximum Gasteiger partial charge on any atom is 0.416 e. The van der Waals surface area contributed by atoms with Crippen LogP contribution < -0.4 is 15.5 Å². The summed E-state index contributed by atoms with van der Waals surface area (Å²) in [5, 5.41) is 5.35. The summed E-state index contributed by atoms with van der Waals surface area (Å²) in [6.45, 7) is 1.63. The van der Waals surface area contributed by atoms with Gasteiger partial charge >= 0.3 is 12.2 Å². The zero-order valence-electron chi connectivity index (χ0n) is 19.4. The normalized spacial score (nSPS) is 15.2. The summed E-state index contributed by atoms with van der Waals surface area (Å²) < 4.78 is 66.0. The SMILES string of the molecule is O=C(Nc1ccc(N2CCCN(S(=O)(=O)c3ccc(Cl)cc3)CC2)nc1)Nc1cccc(C(F)(F)F)c1. The van der Waals surface area contributed by atoms with Crippen molar-refractivity contribution >= 4 is 44.8 Å². The minimum atomic E-state index is -4.52. The van der Waals surface area contributed by atoms with Crippen molar-refractivity contribution in [2.24, 2.45) is 0 Å². The van der Waals surface area contributed by atoms with Crippen LogP contribution in [-0.4, -0.2) is 49.9 Å². The zero-order valence-corrected chi connectivity index (χ0v) is 20.9. The fraction of sp³-hybridized carbons (Fsp3) is 0.250. The number of aromatic nitrogens is 1. The Morgan fingerprint density at radius 1 is 0.919 bits per heavy atom. The van der Waals surface area contributed by atoms with Crippen LogP contribution in [0, 0.1) is 0 Å². The van der Waals surface area contributed by atoms with E-state index in [1.807, 2.05) is 4.90 Å². The van der Waals surface area contributed by atoms with Crippen LogP contribution in [0.15, 0.2) is 71.8 Å². The second-order valence-electron chi connectivity index (χ2n) is 8.26. The number of carbonyl (C=O) groups is 1. The number of hydrogen-bond acceptors (Lipinski definition) is 5. The van der Waals surface area contributed by atoms with E-state index >= 15 is 0 Å². The molecule has 1 fully saturated rings. The lowest BCUT2D eigenvalue weighted by molar-refractivity contribution is -0.137. The molecule has 0 aliphatic carbocycles. The highest BCUT2D eigenvalue weighted by atomic mass is 35.5. The number of alkyl halides is 3.